The fourth-order valence-corrected chi connectivity index (χ4v) is 2.15. The zero-order chi connectivity index (χ0) is 11.0. The lowest BCUT2D eigenvalue weighted by Crippen LogP contribution is -1.90. The van der Waals surface area contributed by atoms with Crippen LogP contribution in [0.2, 0.25) is 0 Å². The van der Waals surface area contributed by atoms with Gasteiger partial charge in [-0.15, -0.1) is 0 Å². The first-order valence-corrected chi connectivity index (χ1v) is 5.21. The number of benzene rings is 3. The van der Waals surface area contributed by atoms with Gasteiger partial charge in [-0.3, -0.25) is 10.7 Å². The van der Waals surface area contributed by atoms with Crippen molar-refractivity contribution in [2.45, 2.75) is 0 Å². The molecule has 0 aliphatic carbocycles. The smallest absolute Gasteiger partial charge is 0.0686 e. The number of anilines is 1. The van der Waals surface area contributed by atoms with Crippen LogP contribution in [-0.4, -0.2) is 5.21 Å². The van der Waals surface area contributed by atoms with Gasteiger partial charge in [0.15, 0.2) is 0 Å². The minimum atomic E-state index is 0.745. The van der Waals surface area contributed by atoms with Crippen LogP contribution in [0.1, 0.15) is 0 Å². The van der Waals surface area contributed by atoms with Crippen LogP contribution in [0.25, 0.3) is 21.5 Å². The maximum absolute atomic E-state index is 9.15. The van der Waals surface area contributed by atoms with Crippen molar-refractivity contribution in [3.8, 4) is 0 Å². The van der Waals surface area contributed by atoms with E-state index < -0.39 is 0 Å². The Kier molecular flexibility index (Phi) is 2.01. The van der Waals surface area contributed by atoms with E-state index in [0.29, 0.717) is 0 Å². The van der Waals surface area contributed by atoms with Gasteiger partial charge in [0.1, 0.15) is 0 Å². The molecule has 2 N–H and O–H groups in total. The molecule has 0 aliphatic rings. The van der Waals surface area contributed by atoms with Gasteiger partial charge in [-0.25, -0.2) is 0 Å². The molecule has 0 fully saturated rings. The van der Waals surface area contributed by atoms with Crippen molar-refractivity contribution in [2.75, 3.05) is 5.48 Å². The lowest BCUT2D eigenvalue weighted by Gasteiger charge is -2.08. The first kappa shape index (κ1) is 9.19. The maximum atomic E-state index is 9.15. The lowest BCUT2D eigenvalue weighted by molar-refractivity contribution is 0.390. The van der Waals surface area contributed by atoms with Gasteiger partial charge in [-0.05, 0) is 22.2 Å². The minimum Gasteiger partial charge on any atom is -0.291 e. The van der Waals surface area contributed by atoms with Crippen LogP contribution in [0.15, 0.2) is 54.6 Å². The zero-order valence-corrected chi connectivity index (χ0v) is 8.64. The Morgan fingerprint density at radius 3 is 2.38 bits per heavy atom. The molecule has 0 aliphatic heterocycles. The first-order valence-electron chi connectivity index (χ1n) is 5.21. The molecule has 3 rings (SSSR count). The highest BCUT2D eigenvalue weighted by molar-refractivity contribution is 6.13. The monoisotopic (exact) mass is 209 g/mol. The summed E-state index contributed by atoms with van der Waals surface area (Å²) in [5.74, 6) is 0. The number of fused-ring (bicyclic) bond motifs is 3. The molecule has 16 heavy (non-hydrogen) atoms. The highest BCUT2D eigenvalue weighted by atomic mass is 16.5. The van der Waals surface area contributed by atoms with Crippen molar-refractivity contribution < 1.29 is 5.21 Å². The standard InChI is InChI=1S/C14H11NO/c16-15-13-7-3-5-11-9-8-10-4-1-2-6-12(10)14(11)13/h1-9,15-16H. The molecule has 78 valence electrons. The van der Waals surface area contributed by atoms with Gasteiger partial charge < -0.3 is 0 Å². The van der Waals surface area contributed by atoms with Gasteiger partial charge in [0.05, 0.1) is 5.69 Å². The van der Waals surface area contributed by atoms with Gasteiger partial charge in [0, 0.05) is 5.39 Å². The molecule has 0 aromatic heterocycles. The zero-order valence-electron chi connectivity index (χ0n) is 8.64. The van der Waals surface area contributed by atoms with Crippen molar-refractivity contribution in [1.82, 2.24) is 0 Å². The Morgan fingerprint density at radius 1 is 0.750 bits per heavy atom. The van der Waals surface area contributed by atoms with Gasteiger partial charge in [-0.2, -0.15) is 0 Å². The molecule has 3 aromatic rings. The number of hydrogen-bond donors (Lipinski definition) is 2. The van der Waals surface area contributed by atoms with Crippen molar-refractivity contribution in [3.63, 3.8) is 0 Å². The minimum absolute atomic E-state index is 0.745. The van der Waals surface area contributed by atoms with Crippen LogP contribution in [0.3, 0.4) is 0 Å². The molecular formula is C14H11NO. The topological polar surface area (TPSA) is 32.3 Å². The Morgan fingerprint density at radius 2 is 1.50 bits per heavy atom. The number of nitrogens with one attached hydrogen (secondary N) is 1. The molecule has 0 bridgehead atoms. The van der Waals surface area contributed by atoms with Gasteiger partial charge in [-0.1, -0.05) is 48.5 Å². The summed E-state index contributed by atoms with van der Waals surface area (Å²) in [6, 6.07) is 18.2. The Labute approximate surface area is 93.1 Å². The van der Waals surface area contributed by atoms with Crippen LogP contribution >= 0.6 is 0 Å². The summed E-state index contributed by atoms with van der Waals surface area (Å²) in [4.78, 5) is 0. The summed E-state index contributed by atoms with van der Waals surface area (Å²) in [6.07, 6.45) is 0. The van der Waals surface area contributed by atoms with Gasteiger partial charge in [0.2, 0.25) is 0 Å². The molecule has 3 aromatic carbocycles. The van der Waals surface area contributed by atoms with E-state index in [1.165, 1.54) is 5.39 Å². The molecule has 0 amide bonds. The Bertz CT molecular complexity index is 661. The van der Waals surface area contributed by atoms with E-state index in [0.717, 1.165) is 21.8 Å². The van der Waals surface area contributed by atoms with Gasteiger partial charge in [0.25, 0.3) is 0 Å². The summed E-state index contributed by atoms with van der Waals surface area (Å²) < 4.78 is 0. The molecule has 2 heteroatoms. The van der Waals surface area contributed by atoms with E-state index in [2.05, 4.69) is 29.7 Å². The van der Waals surface area contributed by atoms with Crippen molar-refractivity contribution in [1.29, 1.82) is 0 Å². The molecule has 0 saturated heterocycles. The predicted octanol–water partition coefficient (Wildman–Crippen LogP) is 3.79. The van der Waals surface area contributed by atoms with Crippen LogP contribution in [0.5, 0.6) is 0 Å². The average Bonchev–Trinajstić information content (AvgIpc) is 2.37. The summed E-state index contributed by atoms with van der Waals surface area (Å²) in [7, 11) is 0. The molecule has 2 nitrogen and oxygen atoms in total. The summed E-state index contributed by atoms with van der Waals surface area (Å²) >= 11 is 0. The second-order valence-corrected chi connectivity index (χ2v) is 3.80. The molecule has 0 atom stereocenters. The molecule has 0 saturated carbocycles. The van der Waals surface area contributed by atoms with Crippen molar-refractivity contribution >= 4 is 27.2 Å². The van der Waals surface area contributed by atoms with Gasteiger partial charge >= 0.3 is 0 Å². The normalized spacial score (nSPS) is 10.8. The quantitative estimate of drug-likeness (QED) is 0.472. The fraction of sp³-hybridized carbons (Fsp3) is 0. The van der Waals surface area contributed by atoms with Crippen LogP contribution in [-0.2, 0) is 0 Å². The molecule has 0 heterocycles. The third-order valence-electron chi connectivity index (χ3n) is 2.89. The van der Waals surface area contributed by atoms with E-state index in [1.807, 2.05) is 30.3 Å². The van der Waals surface area contributed by atoms with E-state index in [1.54, 1.807) is 0 Å². The maximum Gasteiger partial charge on any atom is 0.0686 e. The second-order valence-electron chi connectivity index (χ2n) is 3.80. The number of rotatable bonds is 1. The lowest BCUT2D eigenvalue weighted by atomic mass is 10.0. The third-order valence-corrected chi connectivity index (χ3v) is 2.89. The van der Waals surface area contributed by atoms with Crippen LogP contribution in [0.4, 0.5) is 5.69 Å². The van der Waals surface area contributed by atoms with E-state index in [-0.39, 0.29) is 0 Å². The molecule has 0 spiro atoms. The molecule has 0 unspecified atom stereocenters. The third kappa shape index (κ3) is 1.24. The van der Waals surface area contributed by atoms with Crippen LogP contribution < -0.4 is 5.48 Å². The summed E-state index contributed by atoms with van der Waals surface area (Å²) in [5, 5.41) is 13.7. The second kappa shape index (κ2) is 3.51. The van der Waals surface area contributed by atoms with E-state index >= 15 is 0 Å². The Hall–Kier alpha value is -2.06. The predicted molar refractivity (Wildman–Crippen MR) is 66.9 cm³/mol. The van der Waals surface area contributed by atoms with Crippen LogP contribution in [0, 0.1) is 0 Å². The SMILES string of the molecule is ONc1cccc2ccc3ccccc3c12. The summed E-state index contributed by atoms with van der Waals surface area (Å²) in [6.45, 7) is 0. The highest BCUT2D eigenvalue weighted by Crippen LogP contribution is 2.30. The highest BCUT2D eigenvalue weighted by Gasteiger charge is 2.03. The van der Waals surface area contributed by atoms with E-state index in [4.69, 9.17) is 5.21 Å². The van der Waals surface area contributed by atoms with Crippen molar-refractivity contribution in [2.24, 2.45) is 0 Å². The van der Waals surface area contributed by atoms with E-state index in [9.17, 15) is 0 Å². The first-order chi connectivity index (χ1) is 7.90. The number of hydrogen-bond acceptors (Lipinski definition) is 2. The molecular weight excluding hydrogens is 198 g/mol. The fourth-order valence-electron chi connectivity index (χ4n) is 2.15. The molecule has 0 radical (unpaired) electrons. The average molecular weight is 209 g/mol. The summed E-state index contributed by atoms with van der Waals surface area (Å²) in [5.41, 5.74) is 3.01. The largest absolute Gasteiger partial charge is 0.291 e. The van der Waals surface area contributed by atoms with Crippen molar-refractivity contribution in [3.05, 3.63) is 54.6 Å². The Balaban J connectivity index is 2.57.